The minimum atomic E-state index is -0.132. The number of carbonyl (C=O) groups is 1. The van der Waals surface area contributed by atoms with Gasteiger partial charge < -0.3 is 9.47 Å². The van der Waals surface area contributed by atoms with Crippen molar-refractivity contribution in [3.05, 3.63) is 59.7 Å². The highest BCUT2D eigenvalue weighted by Crippen LogP contribution is 2.16. The number of methoxy groups -OCH3 is 2. The Morgan fingerprint density at radius 1 is 1.12 bits per heavy atom. The van der Waals surface area contributed by atoms with Gasteiger partial charge in [0.15, 0.2) is 0 Å². The van der Waals surface area contributed by atoms with Gasteiger partial charge in [0.25, 0.3) is 0 Å². The van der Waals surface area contributed by atoms with Gasteiger partial charge in [-0.2, -0.15) is 5.10 Å². The first-order valence-electron chi connectivity index (χ1n) is 7.38. The van der Waals surface area contributed by atoms with Crippen LogP contribution in [0, 0.1) is 0 Å². The molecule has 0 unspecified atom stereocenters. The fourth-order valence-corrected chi connectivity index (χ4v) is 2.70. The molecule has 2 rings (SSSR count). The maximum absolute atomic E-state index is 11.8. The number of nitrogens with one attached hydrogen (secondary N) is 1. The number of nitrogens with zero attached hydrogens (tertiary/aromatic N) is 1. The molecule has 2 aromatic carbocycles. The number of carbonyl (C=O) groups excluding carboxylic acids is 1. The number of benzene rings is 2. The number of rotatable bonds is 8. The van der Waals surface area contributed by atoms with E-state index < -0.39 is 0 Å². The van der Waals surface area contributed by atoms with Crippen molar-refractivity contribution in [1.29, 1.82) is 0 Å². The second-order valence-corrected chi connectivity index (χ2v) is 5.90. The van der Waals surface area contributed by atoms with E-state index in [-0.39, 0.29) is 5.91 Å². The van der Waals surface area contributed by atoms with Crippen LogP contribution in [0.15, 0.2) is 53.6 Å². The van der Waals surface area contributed by atoms with Crippen LogP contribution < -0.4 is 14.9 Å². The molecule has 5 nitrogen and oxygen atoms in total. The van der Waals surface area contributed by atoms with Gasteiger partial charge in [-0.05, 0) is 35.4 Å². The molecule has 0 aromatic heterocycles. The summed E-state index contributed by atoms with van der Waals surface area (Å²) in [5, 5.41) is 3.96. The Bertz CT molecular complexity index is 687. The van der Waals surface area contributed by atoms with Gasteiger partial charge in [-0.15, -0.1) is 11.8 Å². The van der Waals surface area contributed by atoms with Crippen LogP contribution in [-0.2, 0) is 10.5 Å². The Labute approximate surface area is 146 Å². The summed E-state index contributed by atoms with van der Waals surface area (Å²) in [7, 11) is 3.25. The third-order valence-corrected chi connectivity index (χ3v) is 4.16. The summed E-state index contributed by atoms with van der Waals surface area (Å²) < 4.78 is 10.2. The average molecular weight is 344 g/mol. The van der Waals surface area contributed by atoms with E-state index in [1.165, 1.54) is 11.8 Å². The average Bonchev–Trinajstić information content (AvgIpc) is 2.62. The van der Waals surface area contributed by atoms with E-state index in [9.17, 15) is 4.79 Å². The van der Waals surface area contributed by atoms with Crippen LogP contribution in [0.25, 0.3) is 0 Å². The van der Waals surface area contributed by atoms with Gasteiger partial charge in [0, 0.05) is 5.75 Å². The Hall–Kier alpha value is -2.47. The van der Waals surface area contributed by atoms with Crippen molar-refractivity contribution in [1.82, 2.24) is 5.43 Å². The highest BCUT2D eigenvalue weighted by atomic mass is 32.2. The van der Waals surface area contributed by atoms with Gasteiger partial charge in [-0.25, -0.2) is 5.43 Å². The number of thioether (sulfide) groups is 1. The van der Waals surface area contributed by atoms with E-state index in [2.05, 4.69) is 10.5 Å². The van der Waals surface area contributed by atoms with Crippen molar-refractivity contribution >= 4 is 23.9 Å². The lowest BCUT2D eigenvalue weighted by atomic mass is 10.2. The molecule has 0 fully saturated rings. The SMILES string of the molecule is COc1ccc(CSCC(=O)N/N=C\c2cccc(OC)c2)cc1. The van der Waals surface area contributed by atoms with E-state index in [0.29, 0.717) is 5.75 Å². The van der Waals surface area contributed by atoms with Crippen LogP contribution in [0.5, 0.6) is 11.5 Å². The molecule has 1 N–H and O–H groups in total. The molecule has 0 saturated carbocycles. The van der Waals surface area contributed by atoms with Crippen LogP contribution in [0.1, 0.15) is 11.1 Å². The van der Waals surface area contributed by atoms with Gasteiger partial charge in [0.05, 0.1) is 26.2 Å². The van der Waals surface area contributed by atoms with Crippen LogP contribution in [0.3, 0.4) is 0 Å². The first-order chi connectivity index (χ1) is 11.7. The van der Waals surface area contributed by atoms with Crippen molar-refractivity contribution in [2.45, 2.75) is 5.75 Å². The zero-order chi connectivity index (χ0) is 17.2. The van der Waals surface area contributed by atoms with Crippen LogP contribution >= 0.6 is 11.8 Å². The van der Waals surface area contributed by atoms with Gasteiger partial charge >= 0.3 is 0 Å². The minimum absolute atomic E-state index is 0.132. The zero-order valence-corrected chi connectivity index (χ0v) is 14.5. The highest BCUT2D eigenvalue weighted by molar-refractivity contribution is 7.99. The fourth-order valence-electron chi connectivity index (χ4n) is 1.92. The molecule has 6 heteroatoms. The predicted molar refractivity (Wildman–Crippen MR) is 97.9 cm³/mol. The van der Waals surface area contributed by atoms with Gasteiger partial charge in [0.1, 0.15) is 11.5 Å². The summed E-state index contributed by atoms with van der Waals surface area (Å²) in [4.78, 5) is 11.8. The van der Waals surface area contributed by atoms with Crippen molar-refractivity contribution in [2.75, 3.05) is 20.0 Å². The molecule has 0 spiro atoms. The Balaban J connectivity index is 1.71. The second kappa shape index (κ2) is 9.62. The van der Waals surface area contributed by atoms with Gasteiger partial charge in [-0.1, -0.05) is 24.3 Å². The summed E-state index contributed by atoms with van der Waals surface area (Å²) in [5.74, 6) is 2.56. The second-order valence-electron chi connectivity index (χ2n) is 4.91. The summed E-state index contributed by atoms with van der Waals surface area (Å²) in [5.41, 5.74) is 4.53. The molecule has 0 heterocycles. The van der Waals surface area contributed by atoms with Crippen molar-refractivity contribution in [3.63, 3.8) is 0 Å². The van der Waals surface area contributed by atoms with Gasteiger partial charge in [-0.3, -0.25) is 4.79 Å². The molecular formula is C18H20N2O3S. The molecule has 24 heavy (non-hydrogen) atoms. The lowest BCUT2D eigenvalue weighted by Crippen LogP contribution is -2.19. The third-order valence-electron chi connectivity index (χ3n) is 3.16. The molecule has 1 amide bonds. The van der Waals surface area contributed by atoms with Crippen molar-refractivity contribution in [3.8, 4) is 11.5 Å². The molecule has 0 aliphatic heterocycles. The molecule has 2 aromatic rings. The third kappa shape index (κ3) is 5.96. The molecule has 0 radical (unpaired) electrons. The largest absolute Gasteiger partial charge is 0.497 e. The topological polar surface area (TPSA) is 59.9 Å². The zero-order valence-electron chi connectivity index (χ0n) is 13.7. The standard InChI is InChI=1S/C18H20N2O3S/c1-22-16-8-6-14(7-9-16)12-24-13-18(21)20-19-11-15-4-3-5-17(10-15)23-2/h3-11H,12-13H2,1-2H3,(H,20,21)/b19-11-. The molecule has 126 valence electrons. The Kier molecular flexibility index (Phi) is 7.17. The quantitative estimate of drug-likeness (QED) is 0.590. The fraction of sp³-hybridized carbons (Fsp3) is 0.222. The van der Waals surface area contributed by atoms with E-state index in [4.69, 9.17) is 9.47 Å². The molecular weight excluding hydrogens is 324 g/mol. The molecule has 0 aliphatic carbocycles. The maximum atomic E-state index is 11.8. The maximum Gasteiger partial charge on any atom is 0.250 e. The summed E-state index contributed by atoms with van der Waals surface area (Å²) in [6, 6.07) is 15.3. The first-order valence-corrected chi connectivity index (χ1v) is 8.53. The van der Waals surface area contributed by atoms with Crippen LogP contribution in [-0.4, -0.2) is 32.1 Å². The number of ether oxygens (including phenoxy) is 2. The summed E-state index contributed by atoms with van der Waals surface area (Å²) >= 11 is 1.53. The molecule has 0 saturated heterocycles. The Morgan fingerprint density at radius 3 is 2.58 bits per heavy atom. The lowest BCUT2D eigenvalue weighted by Gasteiger charge is -2.03. The number of hydrogen-bond acceptors (Lipinski definition) is 5. The van der Waals surface area contributed by atoms with Gasteiger partial charge in [0.2, 0.25) is 5.91 Å². The normalized spacial score (nSPS) is 10.6. The minimum Gasteiger partial charge on any atom is -0.497 e. The van der Waals surface area contributed by atoms with E-state index in [1.807, 2.05) is 48.5 Å². The number of amides is 1. The number of hydrogen-bond donors (Lipinski definition) is 1. The lowest BCUT2D eigenvalue weighted by molar-refractivity contribution is -0.118. The van der Waals surface area contributed by atoms with Crippen LogP contribution in [0.2, 0.25) is 0 Å². The summed E-state index contributed by atoms with van der Waals surface area (Å²) in [6.07, 6.45) is 1.59. The van der Waals surface area contributed by atoms with Crippen molar-refractivity contribution in [2.24, 2.45) is 5.10 Å². The Morgan fingerprint density at radius 2 is 1.88 bits per heavy atom. The van der Waals surface area contributed by atoms with E-state index >= 15 is 0 Å². The van der Waals surface area contributed by atoms with E-state index in [0.717, 1.165) is 28.4 Å². The molecule has 0 bridgehead atoms. The molecule has 0 aliphatic rings. The smallest absolute Gasteiger partial charge is 0.250 e. The first kappa shape index (κ1) is 17.9. The van der Waals surface area contributed by atoms with Crippen LogP contribution in [0.4, 0.5) is 0 Å². The van der Waals surface area contributed by atoms with E-state index in [1.54, 1.807) is 20.4 Å². The summed E-state index contributed by atoms with van der Waals surface area (Å²) in [6.45, 7) is 0. The number of hydrazone groups is 1. The van der Waals surface area contributed by atoms with Crippen molar-refractivity contribution < 1.29 is 14.3 Å². The predicted octanol–water partition coefficient (Wildman–Crippen LogP) is 3.09. The molecule has 0 atom stereocenters. The highest BCUT2D eigenvalue weighted by Gasteiger charge is 2.01. The monoisotopic (exact) mass is 344 g/mol.